The molecule has 2 radical (unpaired) electrons. The van der Waals surface area contributed by atoms with E-state index in [0.29, 0.717) is 22.5 Å². The number of carbonyl (C=O) groups is 1. The van der Waals surface area contributed by atoms with E-state index in [-0.39, 0.29) is 11.9 Å². The number of rotatable bonds is 3. The zero-order valence-electron chi connectivity index (χ0n) is 13.8. The summed E-state index contributed by atoms with van der Waals surface area (Å²) in [6.45, 7) is 0. The summed E-state index contributed by atoms with van der Waals surface area (Å²) in [7, 11) is 5.81. The molecule has 1 amide bonds. The van der Waals surface area contributed by atoms with Gasteiger partial charge in [0.1, 0.15) is 7.85 Å². The molecule has 1 unspecified atom stereocenters. The summed E-state index contributed by atoms with van der Waals surface area (Å²) in [6, 6.07) is 18.4. The molecule has 0 fully saturated rings. The molecular weight excluding hydrogens is 363 g/mol. The van der Waals surface area contributed by atoms with Gasteiger partial charge in [-0.15, -0.1) is 11.3 Å². The van der Waals surface area contributed by atoms with Crippen molar-refractivity contribution in [2.45, 2.75) is 12.5 Å². The molecule has 1 aromatic heterocycles. The van der Waals surface area contributed by atoms with Crippen LogP contribution in [0.5, 0.6) is 0 Å². The molecule has 2 heterocycles. The van der Waals surface area contributed by atoms with Crippen molar-refractivity contribution in [3.63, 3.8) is 0 Å². The SMILES string of the molecule is [B]c1ccc(C2CC(c3cccs3)=NN2C(=O)c2ccc(Cl)cc2)cc1. The molecule has 1 aliphatic heterocycles. The third-order valence-electron chi connectivity index (χ3n) is 4.34. The third kappa shape index (κ3) is 3.33. The Balaban J connectivity index is 1.71. The fourth-order valence-corrected chi connectivity index (χ4v) is 3.84. The molecule has 0 bridgehead atoms. The van der Waals surface area contributed by atoms with Crippen LogP contribution in [0.2, 0.25) is 5.02 Å². The fourth-order valence-electron chi connectivity index (χ4n) is 2.99. The molecule has 0 aliphatic carbocycles. The first-order valence-electron chi connectivity index (χ1n) is 8.18. The van der Waals surface area contributed by atoms with Gasteiger partial charge in [0.15, 0.2) is 0 Å². The third-order valence-corrected chi connectivity index (χ3v) is 5.51. The van der Waals surface area contributed by atoms with E-state index in [2.05, 4.69) is 5.10 Å². The van der Waals surface area contributed by atoms with Gasteiger partial charge in [-0.1, -0.05) is 47.4 Å². The molecule has 3 nitrogen and oxygen atoms in total. The number of hydrazone groups is 1. The lowest BCUT2D eigenvalue weighted by molar-refractivity contribution is 0.0711. The first-order chi connectivity index (χ1) is 12.6. The van der Waals surface area contributed by atoms with Crippen molar-refractivity contribution >= 4 is 47.9 Å². The highest BCUT2D eigenvalue weighted by Gasteiger charge is 2.33. The molecule has 1 atom stereocenters. The van der Waals surface area contributed by atoms with Gasteiger partial charge in [-0.25, -0.2) is 5.01 Å². The Kier molecular flexibility index (Phi) is 4.66. The Labute approximate surface area is 162 Å². The molecular formula is C20H14BClN2OS. The van der Waals surface area contributed by atoms with Gasteiger partial charge in [0, 0.05) is 17.0 Å². The topological polar surface area (TPSA) is 32.7 Å². The fraction of sp³-hybridized carbons (Fsp3) is 0.100. The summed E-state index contributed by atoms with van der Waals surface area (Å²) in [6.07, 6.45) is 0.670. The van der Waals surface area contributed by atoms with E-state index in [4.69, 9.17) is 19.4 Å². The first kappa shape index (κ1) is 17.1. The van der Waals surface area contributed by atoms with E-state index in [0.717, 1.165) is 16.2 Å². The van der Waals surface area contributed by atoms with Crippen molar-refractivity contribution in [1.82, 2.24) is 5.01 Å². The smallest absolute Gasteiger partial charge is 0.267 e. The number of carbonyl (C=O) groups excluding carboxylic acids is 1. The summed E-state index contributed by atoms with van der Waals surface area (Å²) >= 11 is 7.57. The number of amides is 1. The predicted octanol–water partition coefficient (Wildman–Crippen LogP) is 4.19. The van der Waals surface area contributed by atoms with Crippen LogP contribution in [0.4, 0.5) is 0 Å². The van der Waals surface area contributed by atoms with E-state index in [1.807, 2.05) is 41.8 Å². The second kappa shape index (κ2) is 7.10. The Morgan fingerprint density at radius 3 is 2.50 bits per heavy atom. The summed E-state index contributed by atoms with van der Waals surface area (Å²) in [5, 5.41) is 8.84. The highest BCUT2D eigenvalue weighted by Crippen LogP contribution is 2.34. The van der Waals surface area contributed by atoms with Gasteiger partial charge in [-0.05, 0) is 41.3 Å². The van der Waals surface area contributed by atoms with Crippen LogP contribution in [-0.4, -0.2) is 24.5 Å². The highest BCUT2D eigenvalue weighted by atomic mass is 35.5. The van der Waals surface area contributed by atoms with Crippen LogP contribution >= 0.6 is 22.9 Å². The normalized spacial score (nSPS) is 16.6. The maximum absolute atomic E-state index is 13.1. The molecule has 2 aromatic carbocycles. The second-order valence-electron chi connectivity index (χ2n) is 6.07. The average Bonchev–Trinajstić information content (AvgIpc) is 3.32. The Bertz CT molecular complexity index is 952. The minimum absolute atomic E-state index is 0.143. The number of hydrogen-bond acceptors (Lipinski definition) is 3. The Morgan fingerprint density at radius 1 is 1.12 bits per heavy atom. The van der Waals surface area contributed by atoms with Crippen LogP contribution in [0.15, 0.2) is 71.1 Å². The Morgan fingerprint density at radius 2 is 1.85 bits per heavy atom. The van der Waals surface area contributed by atoms with Crippen molar-refractivity contribution in [3.8, 4) is 0 Å². The number of hydrogen-bond donors (Lipinski definition) is 0. The van der Waals surface area contributed by atoms with Crippen LogP contribution in [0.3, 0.4) is 0 Å². The molecule has 4 rings (SSSR count). The van der Waals surface area contributed by atoms with Crippen LogP contribution < -0.4 is 5.46 Å². The largest absolute Gasteiger partial charge is 0.274 e. The zero-order chi connectivity index (χ0) is 18.1. The standard InChI is InChI=1S/C20H14BClN2OS/c21-15-7-3-13(4-8-15)18-12-17(19-2-1-11-26-19)23-24(18)20(25)14-5-9-16(22)10-6-14/h1-11,18H,12H2. The predicted molar refractivity (Wildman–Crippen MR) is 108 cm³/mol. The summed E-state index contributed by atoms with van der Waals surface area (Å²) in [4.78, 5) is 14.2. The van der Waals surface area contributed by atoms with Crippen LogP contribution in [0.1, 0.15) is 33.3 Å². The molecule has 0 saturated carbocycles. The van der Waals surface area contributed by atoms with Crippen LogP contribution in [0, 0.1) is 0 Å². The lowest BCUT2D eigenvalue weighted by Crippen LogP contribution is -2.27. The average molecular weight is 377 g/mol. The van der Waals surface area contributed by atoms with Crippen molar-refractivity contribution in [3.05, 3.63) is 87.1 Å². The summed E-state index contributed by atoms with van der Waals surface area (Å²) < 4.78 is 0. The summed E-state index contributed by atoms with van der Waals surface area (Å²) in [5.74, 6) is -0.143. The van der Waals surface area contributed by atoms with Gasteiger partial charge in [-0.2, -0.15) is 5.10 Å². The molecule has 6 heteroatoms. The molecule has 0 N–H and O–H groups in total. The molecule has 1 aliphatic rings. The van der Waals surface area contributed by atoms with Gasteiger partial charge in [0.05, 0.1) is 16.6 Å². The van der Waals surface area contributed by atoms with E-state index in [1.165, 1.54) is 0 Å². The maximum atomic E-state index is 13.1. The quantitative estimate of drug-likeness (QED) is 0.631. The van der Waals surface area contributed by atoms with E-state index in [1.54, 1.807) is 40.6 Å². The lowest BCUT2D eigenvalue weighted by Gasteiger charge is -2.22. The van der Waals surface area contributed by atoms with Crippen LogP contribution in [0.25, 0.3) is 0 Å². The maximum Gasteiger partial charge on any atom is 0.274 e. The molecule has 126 valence electrons. The number of benzene rings is 2. The van der Waals surface area contributed by atoms with Crippen molar-refractivity contribution in [2.24, 2.45) is 5.10 Å². The molecule has 3 aromatic rings. The molecule has 26 heavy (non-hydrogen) atoms. The van der Waals surface area contributed by atoms with Gasteiger partial charge < -0.3 is 0 Å². The zero-order valence-corrected chi connectivity index (χ0v) is 15.4. The lowest BCUT2D eigenvalue weighted by atomic mass is 9.92. The first-order valence-corrected chi connectivity index (χ1v) is 9.43. The number of halogens is 1. The monoisotopic (exact) mass is 376 g/mol. The van der Waals surface area contributed by atoms with Gasteiger partial charge >= 0.3 is 0 Å². The molecule has 0 spiro atoms. The van der Waals surface area contributed by atoms with Crippen molar-refractivity contribution < 1.29 is 4.79 Å². The van der Waals surface area contributed by atoms with Gasteiger partial charge in [0.2, 0.25) is 0 Å². The Hall–Kier alpha value is -2.37. The molecule has 0 saturated heterocycles. The van der Waals surface area contributed by atoms with E-state index in [9.17, 15) is 4.79 Å². The second-order valence-corrected chi connectivity index (χ2v) is 7.45. The highest BCUT2D eigenvalue weighted by molar-refractivity contribution is 7.12. The van der Waals surface area contributed by atoms with Gasteiger partial charge in [0.25, 0.3) is 5.91 Å². The van der Waals surface area contributed by atoms with Crippen molar-refractivity contribution in [1.29, 1.82) is 0 Å². The summed E-state index contributed by atoms with van der Waals surface area (Å²) in [5.41, 5.74) is 3.19. The van der Waals surface area contributed by atoms with Crippen LogP contribution in [-0.2, 0) is 0 Å². The number of nitrogens with zero attached hydrogens (tertiary/aromatic N) is 2. The van der Waals surface area contributed by atoms with E-state index >= 15 is 0 Å². The van der Waals surface area contributed by atoms with E-state index < -0.39 is 0 Å². The minimum Gasteiger partial charge on any atom is -0.267 e. The minimum atomic E-state index is -0.157. The number of thiophene rings is 1. The van der Waals surface area contributed by atoms with Crippen molar-refractivity contribution in [2.75, 3.05) is 0 Å². The van der Waals surface area contributed by atoms with Gasteiger partial charge in [-0.3, -0.25) is 4.79 Å².